The van der Waals surface area contributed by atoms with Crippen molar-refractivity contribution >= 4 is 17.1 Å². The predicted octanol–water partition coefficient (Wildman–Crippen LogP) is 2.32. The van der Waals surface area contributed by atoms with Crippen LogP contribution in [0, 0.1) is 0 Å². The van der Waals surface area contributed by atoms with Crippen molar-refractivity contribution in [3.63, 3.8) is 0 Å². The van der Waals surface area contributed by atoms with E-state index in [4.69, 9.17) is 17.3 Å². The van der Waals surface area contributed by atoms with Crippen LogP contribution in [0.25, 0.3) is 5.52 Å². The van der Waals surface area contributed by atoms with Crippen molar-refractivity contribution < 1.29 is 0 Å². The van der Waals surface area contributed by atoms with Gasteiger partial charge in [-0.3, -0.25) is 0 Å². The average molecular weight is 222 g/mol. The van der Waals surface area contributed by atoms with Crippen molar-refractivity contribution in [3.05, 3.63) is 34.9 Å². The number of hydrogen-bond acceptors (Lipinski definition) is 2. The van der Waals surface area contributed by atoms with Crippen LogP contribution in [0.3, 0.4) is 0 Å². The molecule has 0 aromatic carbocycles. The maximum Gasteiger partial charge on any atom is 0.116 e. The van der Waals surface area contributed by atoms with E-state index in [0.717, 1.165) is 22.1 Å². The van der Waals surface area contributed by atoms with Gasteiger partial charge in [0.25, 0.3) is 0 Å². The molecule has 0 bridgehead atoms. The van der Waals surface area contributed by atoms with Gasteiger partial charge in [0, 0.05) is 18.7 Å². The number of fused-ring (bicyclic) bond motifs is 1. The molecule has 0 unspecified atom stereocenters. The summed E-state index contributed by atoms with van der Waals surface area (Å²) in [4.78, 5) is 4.58. The van der Waals surface area contributed by atoms with Crippen LogP contribution < -0.4 is 5.73 Å². The summed E-state index contributed by atoms with van der Waals surface area (Å²) < 4.78 is 2.09. The van der Waals surface area contributed by atoms with Gasteiger partial charge in [0.05, 0.1) is 16.2 Å². The third-order valence-corrected chi connectivity index (χ3v) is 3.16. The molecule has 78 valence electrons. The van der Waals surface area contributed by atoms with E-state index in [1.54, 1.807) is 0 Å². The maximum atomic E-state index is 6.16. The topological polar surface area (TPSA) is 43.3 Å². The molecule has 2 N–H and O–H groups in total. The minimum absolute atomic E-state index is 0.444. The molecule has 2 heterocycles. The maximum absolute atomic E-state index is 6.16. The Balaban J connectivity index is 2.33. The second-order valence-electron chi connectivity index (χ2n) is 3.97. The summed E-state index contributed by atoms with van der Waals surface area (Å²) in [5, 5.41) is 0.734. The summed E-state index contributed by atoms with van der Waals surface area (Å²) in [5.41, 5.74) is 7.56. The van der Waals surface area contributed by atoms with Crippen LogP contribution in [0.1, 0.15) is 30.3 Å². The number of pyridine rings is 1. The number of hydrogen-bond donors (Lipinski definition) is 1. The molecular formula is C11H12ClN3. The molecule has 0 radical (unpaired) electrons. The van der Waals surface area contributed by atoms with Crippen molar-refractivity contribution in [3.8, 4) is 0 Å². The Morgan fingerprint density at radius 1 is 1.53 bits per heavy atom. The fourth-order valence-corrected chi connectivity index (χ4v) is 2.24. The minimum atomic E-state index is 0.444. The Morgan fingerprint density at radius 3 is 3.00 bits per heavy atom. The van der Waals surface area contributed by atoms with Gasteiger partial charge in [0.2, 0.25) is 0 Å². The Kier molecular flexibility index (Phi) is 1.97. The van der Waals surface area contributed by atoms with Gasteiger partial charge in [0.15, 0.2) is 0 Å². The third kappa shape index (κ3) is 1.34. The molecule has 2 aromatic rings. The van der Waals surface area contributed by atoms with Crippen molar-refractivity contribution in [2.75, 3.05) is 0 Å². The molecule has 0 atom stereocenters. The zero-order valence-corrected chi connectivity index (χ0v) is 9.04. The van der Waals surface area contributed by atoms with Gasteiger partial charge in [-0.25, -0.2) is 4.98 Å². The van der Waals surface area contributed by atoms with Crippen LogP contribution >= 0.6 is 11.6 Å². The van der Waals surface area contributed by atoms with E-state index in [0.29, 0.717) is 12.5 Å². The third-order valence-electron chi connectivity index (χ3n) is 2.85. The first-order valence-corrected chi connectivity index (χ1v) is 5.54. The summed E-state index contributed by atoms with van der Waals surface area (Å²) in [6.45, 7) is 0.444. The molecule has 3 rings (SSSR count). The van der Waals surface area contributed by atoms with Crippen LogP contribution in [0.5, 0.6) is 0 Å². The Bertz CT molecular complexity index is 514. The van der Waals surface area contributed by atoms with Gasteiger partial charge < -0.3 is 10.1 Å². The van der Waals surface area contributed by atoms with E-state index in [1.165, 1.54) is 12.8 Å². The molecule has 0 spiro atoms. The van der Waals surface area contributed by atoms with Gasteiger partial charge in [-0.05, 0) is 25.0 Å². The Hall–Kier alpha value is -1.06. The normalized spacial score (nSPS) is 16.1. The van der Waals surface area contributed by atoms with Crippen LogP contribution in [-0.2, 0) is 6.54 Å². The van der Waals surface area contributed by atoms with Crippen molar-refractivity contribution in [1.82, 2.24) is 9.38 Å². The first-order chi connectivity index (χ1) is 7.31. The average Bonchev–Trinajstić information content (AvgIpc) is 3.00. The standard InChI is InChI=1S/C11H12ClN3/c12-8-2-1-5-15-10(8)9(6-13)14-11(15)7-3-4-7/h1-2,5,7H,3-4,6,13H2. The Labute approximate surface area is 92.9 Å². The number of rotatable bonds is 2. The van der Waals surface area contributed by atoms with Gasteiger partial charge >= 0.3 is 0 Å². The number of nitrogens with two attached hydrogens (primary N) is 1. The van der Waals surface area contributed by atoms with Crippen molar-refractivity contribution in [1.29, 1.82) is 0 Å². The van der Waals surface area contributed by atoms with E-state index in [-0.39, 0.29) is 0 Å². The summed E-state index contributed by atoms with van der Waals surface area (Å²) >= 11 is 6.16. The van der Waals surface area contributed by atoms with Crippen molar-refractivity contribution in [2.45, 2.75) is 25.3 Å². The van der Waals surface area contributed by atoms with Gasteiger partial charge in [0.1, 0.15) is 5.82 Å². The zero-order valence-electron chi connectivity index (χ0n) is 8.28. The number of nitrogens with zero attached hydrogens (tertiary/aromatic N) is 2. The molecule has 1 saturated carbocycles. The molecule has 1 aliphatic rings. The lowest BCUT2D eigenvalue weighted by molar-refractivity contribution is 0.904. The van der Waals surface area contributed by atoms with E-state index in [2.05, 4.69) is 9.38 Å². The largest absolute Gasteiger partial charge is 0.325 e. The second-order valence-corrected chi connectivity index (χ2v) is 4.38. The summed E-state index contributed by atoms with van der Waals surface area (Å²) in [5.74, 6) is 1.73. The first kappa shape index (κ1) is 9.19. The highest BCUT2D eigenvalue weighted by Crippen LogP contribution is 2.40. The number of imidazole rings is 1. The lowest BCUT2D eigenvalue weighted by Crippen LogP contribution is -1.97. The lowest BCUT2D eigenvalue weighted by Gasteiger charge is -2.00. The smallest absolute Gasteiger partial charge is 0.116 e. The minimum Gasteiger partial charge on any atom is -0.325 e. The highest BCUT2D eigenvalue weighted by Gasteiger charge is 2.29. The van der Waals surface area contributed by atoms with Crippen LogP contribution in [0.4, 0.5) is 0 Å². The first-order valence-electron chi connectivity index (χ1n) is 5.16. The molecule has 15 heavy (non-hydrogen) atoms. The molecule has 2 aromatic heterocycles. The Morgan fingerprint density at radius 2 is 2.33 bits per heavy atom. The molecule has 0 amide bonds. The molecule has 4 heteroatoms. The van der Waals surface area contributed by atoms with Crippen molar-refractivity contribution in [2.24, 2.45) is 5.73 Å². The lowest BCUT2D eigenvalue weighted by atomic mass is 10.3. The van der Waals surface area contributed by atoms with E-state index >= 15 is 0 Å². The molecule has 1 aliphatic carbocycles. The van der Waals surface area contributed by atoms with Gasteiger partial charge in [-0.1, -0.05) is 11.6 Å². The highest BCUT2D eigenvalue weighted by atomic mass is 35.5. The van der Waals surface area contributed by atoms with Crippen LogP contribution in [-0.4, -0.2) is 9.38 Å². The quantitative estimate of drug-likeness (QED) is 0.846. The monoisotopic (exact) mass is 221 g/mol. The fraction of sp³-hybridized carbons (Fsp3) is 0.364. The van der Waals surface area contributed by atoms with E-state index < -0.39 is 0 Å². The van der Waals surface area contributed by atoms with E-state index in [9.17, 15) is 0 Å². The molecule has 3 nitrogen and oxygen atoms in total. The highest BCUT2D eigenvalue weighted by molar-refractivity contribution is 6.34. The zero-order chi connectivity index (χ0) is 10.4. The molecule has 0 saturated heterocycles. The molecular weight excluding hydrogens is 210 g/mol. The summed E-state index contributed by atoms with van der Waals surface area (Å²) in [6, 6.07) is 3.83. The summed E-state index contributed by atoms with van der Waals surface area (Å²) in [7, 11) is 0. The van der Waals surface area contributed by atoms with Crippen LogP contribution in [0.2, 0.25) is 5.02 Å². The van der Waals surface area contributed by atoms with Crippen LogP contribution in [0.15, 0.2) is 18.3 Å². The van der Waals surface area contributed by atoms with Gasteiger partial charge in [-0.2, -0.15) is 0 Å². The molecule has 1 fully saturated rings. The van der Waals surface area contributed by atoms with Gasteiger partial charge in [-0.15, -0.1) is 0 Å². The number of aromatic nitrogens is 2. The van der Waals surface area contributed by atoms with E-state index in [1.807, 2.05) is 18.3 Å². The number of halogens is 1. The predicted molar refractivity (Wildman–Crippen MR) is 60.1 cm³/mol. The SMILES string of the molecule is NCc1nc(C2CC2)n2cccc(Cl)c12. The second kappa shape index (κ2) is 3.22. The summed E-state index contributed by atoms with van der Waals surface area (Å²) in [6.07, 6.45) is 4.48. The molecule has 0 aliphatic heterocycles. The fourth-order valence-electron chi connectivity index (χ4n) is 1.97.